The van der Waals surface area contributed by atoms with Crippen LogP contribution in [0.3, 0.4) is 0 Å². The van der Waals surface area contributed by atoms with Crippen LogP contribution in [-0.2, 0) is 0 Å². The highest BCUT2D eigenvalue weighted by Gasteiger charge is 2.17. The van der Waals surface area contributed by atoms with E-state index >= 15 is 0 Å². The second-order valence-electron chi connectivity index (χ2n) is 4.73. The van der Waals surface area contributed by atoms with Crippen molar-refractivity contribution in [2.24, 2.45) is 0 Å². The Kier molecular flexibility index (Phi) is 4.35. The van der Waals surface area contributed by atoms with Crippen LogP contribution in [0.5, 0.6) is 0 Å². The van der Waals surface area contributed by atoms with Crippen molar-refractivity contribution in [3.8, 4) is 5.69 Å². The number of hydrogen-bond acceptors (Lipinski definition) is 1. The molecule has 0 radical (unpaired) electrons. The summed E-state index contributed by atoms with van der Waals surface area (Å²) in [5, 5.41) is 0. The minimum Gasteiger partial charge on any atom is -0.317 e. The highest BCUT2D eigenvalue weighted by molar-refractivity contribution is 9.10. The summed E-state index contributed by atoms with van der Waals surface area (Å²) in [6.07, 6.45) is 0. The van der Waals surface area contributed by atoms with E-state index in [-0.39, 0.29) is 17.5 Å². The van der Waals surface area contributed by atoms with Gasteiger partial charge in [-0.1, -0.05) is 0 Å². The fourth-order valence-electron chi connectivity index (χ4n) is 2.36. The van der Waals surface area contributed by atoms with Crippen LogP contribution < -0.4 is 0 Å². The minimum atomic E-state index is -0.330. The van der Waals surface area contributed by atoms with Crippen molar-refractivity contribution in [2.75, 3.05) is 5.88 Å². The third-order valence-corrected chi connectivity index (χ3v) is 4.18. The molecular formula is C15H14BrClFNO. The van der Waals surface area contributed by atoms with Crippen molar-refractivity contribution in [3.63, 3.8) is 0 Å². The number of rotatable bonds is 3. The first-order valence-corrected chi connectivity index (χ1v) is 7.43. The van der Waals surface area contributed by atoms with Gasteiger partial charge in [-0.3, -0.25) is 4.79 Å². The average Bonchev–Trinajstić information content (AvgIpc) is 2.69. The summed E-state index contributed by atoms with van der Waals surface area (Å²) in [4.78, 5) is 11.8. The van der Waals surface area contributed by atoms with Gasteiger partial charge in [-0.05, 0) is 60.5 Å². The largest absolute Gasteiger partial charge is 0.317 e. The number of alkyl halides is 1. The second kappa shape index (κ2) is 5.70. The number of carbonyl (C=O) groups is 1. The Morgan fingerprint density at radius 1 is 1.30 bits per heavy atom. The minimum absolute atomic E-state index is 0.0576. The smallest absolute Gasteiger partial charge is 0.179 e. The normalized spacial score (nSPS) is 10.9. The molecule has 106 valence electrons. The van der Waals surface area contributed by atoms with Crippen molar-refractivity contribution < 1.29 is 9.18 Å². The van der Waals surface area contributed by atoms with Gasteiger partial charge in [-0.25, -0.2) is 4.39 Å². The molecule has 20 heavy (non-hydrogen) atoms. The Morgan fingerprint density at radius 3 is 2.55 bits per heavy atom. The molecule has 0 atom stereocenters. The van der Waals surface area contributed by atoms with E-state index in [0.717, 1.165) is 22.6 Å². The van der Waals surface area contributed by atoms with Crippen LogP contribution in [0.15, 0.2) is 22.7 Å². The van der Waals surface area contributed by atoms with Crippen LogP contribution >= 0.6 is 27.5 Å². The first-order chi connectivity index (χ1) is 9.36. The number of aryl methyl sites for hydroxylation is 2. The summed E-state index contributed by atoms with van der Waals surface area (Å²) >= 11 is 8.79. The summed E-state index contributed by atoms with van der Waals surface area (Å²) in [5.41, 5.74) is 3.89. The summed E-state index contributed by atoms with van der Waals surface area (Å²) < 4.78 is 16.1. The fourth-order valence-corrected chi connectivity index (χ4v) is 2.97. The van der Waals surface area contributed by atoms with Gasteiger partial charge in [0.1, 0.15) is 5.82 Å². The Balaban J connectivity index is 2.68. The highest BCUT2D eigenvalue weighted by Crippen LogP contribution is 2.27. The number of aromatic nitrogens is 1. The Labute approximate surface area is 130 Å². The van der Waals surface area contributed by atoms with E-state index in [1.807, 2.05) is 25.3 Å². The molecule has 1 heterocycles. The van der Waals surface area contributed by atoms with Gasteiger partial charge < -0.3 is 4.57 Å². The second-order valence-corrected chi connectivity index (χ2v) is 5.85. The number of halogens is 3. The monoisotopic (exact) mass is 357 g/mol. The number of hydrogen-bond donors (Lipinski definition) is 0. The molecular weight excluding hydrogens is 345 g/mol. The van der Waals surface area contributed by atoms with E-state index in [1.165, 1.54) is 6.07 Å². The van der Waals surface area contributed by atoms with E-state index in [2.05, 4.69) is 15.9 Å². The molecule has 0 aliphatic carbocycles. The van der Waals surface area contributed by atoms with E-state index in [9.17, 15) is 9.18 Å². The van der Waals surface area contributed by atoms with Crippen LogP contribution in [0.4, 0.5) is 4.39 Å². The van der Waals surface area contributed by atoms with Gasteiger partial charge in [-0.15, -0.1) is 11.6 Å². The quantitative estimate of drug-likeness (QED) is 0.574. The molecule has 0 spiro atoms. The lowest BCUT2D eigenvalue weighted by molar-refractivity contribution is 0.102. The topological polar surface area (TPSA) is 22.0 Å². The molecule has 5 heteroatoms. The summed E-state index contributed by atoms with van der Waals surface area (Å²) in [6.45, 7) is 5.63. The third-order valence-electron chi connectivity index (χ3n) is 3.33. The zero-order valence-corrected chi connectivity index (χ0v) is 13.8. The van der Waals surface area contributed by atoms with Gasteiger partial charge in [0.05, 0.1) is 16.0 Å². The lowest BCUT2D eigenvalue weighted by Gasteiger charge is -2.13. The number of carbonyl (C=O) groups excluding carboxylic acids is 1. The van der Waals surface area contributed by atoms with Crippen molar-refractivity contribution in [3.05, 3.63) is 51.0 Å². The maximum Gasteiger partial charge on any atom is 0.179 e. The molecule has 0 saturated heterocycles. The van der Waals surface area contributed by atoms with Crippen LogP contribution in [0.1, 0.15) is 27.3 Å². The van der Waals surface area contributed by atoms with Gasteiger partial charge in [0, 0.05) is 17.0 Å². The van der Waals surface area contributed by atoms with Crippen molar-refractivity contribution in [1.82, 2.24) is 4.57 Å². The number of ketones is 1. The molecule has 0 unspecified atom stereocenters. The van der Waals surface area contributed by atoms with Gasteiger partial charge >= 0.3 is 0 Å². The van der Waals surface area contributed by atoms with Gasteiger partial charge in [0.15, 0.2) is 5.78 Å². The van der Waals surface area contributed by atoms with Gasteiger partial charge in [-0.2, -0.15) is 0 Å². The molecule has 0 amide bonds. The molecule has 2 rings (SSSR count). The first kappa shape index (κ1) is 15.3. The zero-order valence-electron chi connectivity index (χ0n) is 11.4. The van der Waals surface area contributed by atoms with Crippen LogP contribution in [0, 0.1) is 26.6 Å². The van der Waals surface area contributed by atoms with E-state index in [4.69, 9.17) is 11.6 Å². The van der Waals surface area contributed by atoms with Crippen molar-refractivity contribution >= 4 is 33.3 Å². The molecule has 0 bridgehead atoms. The fraction of sp³-hybridized carbons (Fsp3) is 0.267. The molecule has 2 aromatic rings. The zero-order chi connectivity index (χ0) is 15.0. The SMILES string of the molecule is Cc1cc(Br)c(F)cc1-n1c(C)cc(C(=O)CCl)c1C. The van der Waals surface area contributed by atoms with E-state index in [1.54, 1.807) is 12.1 Å². The van der Waals surface area contributed by atoms with Crippen LogP contribution in [-0.4, -0.2) is 16.2 Å². The lowest BCUT2D eigenvalue weighted by atomic mass is 10.1. The summed E-state index contributed by atoms with van der Waals surface area (Å²) in [6, 6.07) is 4.99. The predicted octanol–water partition coefficient (Wildman–Crippen LogP) is 4.73. The van der Waals surface area contributed by atoms with Crippen LogP contribution in [0.2, 0.25) is 0 Å². The standard InChI is InChI=1S/C15H14BrClFNO/c1-8-4-12(16)13(18)6-14(8)19-9(2)5-11(10(19)3)15(20)7-17/h4-6H,7H2,1-3H3. The average molecular weight is 359 g/mol. The molecule has 0 fully saturated rings. The van der Waals surface area contributed by atoms with Crippen molar-refractivity contribution in [1.29, 1.82) is 0 Å². The van der Waals surface area contributed by atoms with E-state index < -0.39 is 0 Å². The maximum atomic E-state index is 13.8. The number of nitrogens with zero attached hydrogens (tertiary/aromatic N) is 1. The summed E-state index contributed by atoms with van der Waals surface area (Å²) in [7, 11) is 0. The third kappa shape index (κ3) is 2.54. The highest BCUT2D eigenvalue weighted by atomic mass is 79.9. The Hall–Kier alpha value is -1.13. The molecule has 2 nitrogen and oxygen atoms in total. The molecule has 0 aliphatic rings. The number of benzene rings is 1. The number of Topliss-reactive ketones (excluding diaryl/α,β-unsaturated/α-hetero) is 1. The van der Waals surface area contributed by atoms with E-state index in [0.29, 0.717) is 10.0 Å². The van der Waals surface area contributed by atoms with Gasteiger partial charge in [0.2, 0.25) is 0 Å². The Bertz CT molecular complexity index is 694. The molecule has 0 saturated carbocycles. The molecule has 0 aliphatic heterocycles. The molecule has 0 N–H and O–H groups in total. The maximum absolute atomic E-state index is 13.8. The summed E-state index contributed by atoms with van der Waals surface area (Å²) in [5.74, 6) is -0.512. The Morgan fingerprint density at radius 2 is 1.95 bits per heavy atom. The van der Waals surface area contributed by atoms with Crippen molar-refractivity contribution in [2.45, 2.75) is 20.8 Å². The molecule has 1 aromatic carbocycles. The van der Waals surface area contributed by atoms with Crippen LogP contribution in [0.25, 0.3) is 5.69 Å². The van der Waals surface area contributed by atoms with Gasteiger partial charge in [0.25, 0.3) is 0 Å². The lowest BCUT2D eigenvalue weighted by Crippen LogP contribution is -2.06. The molecule has 1 aromatic heterocycles. The first-order valence-electron chi connectivity index (χ1n) is 6.11. The predicted molar refractivity (Wildman–Crippen MR) is 82.7 cm³/mol.